The maximum atomic E-state index is 12.1. The molecule has 0 aliphatic rings. The molecule has 0 atom stereocenters. The third kappa shape index (κ3) is 3.54. The summed E-state index contributed by atoms with van der Waals surface area (Å²) < 4.78 is 0. The predicted molar refractivity (Wildman–Crippen MR) is 68.9 cm³/mol. The van der Waals surface area contributed by atoms with Crippen molar-refractivity contribution < 1.29 is 9.90 Å². The summed E-state index contributed by atoms with van der Waals surface area (Å²) in [4.78, 5) is 14.1. The number of Topliss-reactive ketones (excluding diaryl/α,β-unsaturated/α-hetero) is 1. The van der Waals surface area contributed by atoms with Crippen molar-refractivity contribution in [3.63, 3.8) is 0 Å². The number of aliphatic hydroxyl groups is 1. The third-order valence-electron chi connectivity index (χ3n) is 2.86. The predicted octanol–water partition coefficient (Wildman–Crippen LogP) is 1.29. The summed E-state index contributed by atoms with van der Waals surface area (Å²) in [5.41, 5.74) is 7.35. The Morgan fingerprint density at radius 1 is 1.35 bits per heavy atom. The molecule has 4 nitrogen and oxygen atoms in total. The molecule has 0 spiro atoms. The lowest BCUT2D eigenvalue weighted by Gasteiger charge is -2.17. The molecule has 94 valence electrons. The Morgan fingerprint density at radius 3 is 2.53 bits per heavy atom. The van der Waals surface area contributed by atoms with Crippen LogP contribution in [0.15, 0.2) is 18.2 Å². The quantitative estimate of drug-likeness (QED) is 0.577. The van der Waals surface area contributed by atoms with Gasteiger partial charge >= 0.3 is 0 Å². The van der Waals surface area contributed by atoms with E-state index in [1.807, 2.05) is 18.7 Å². The van der Waals surface area contributed by atoms with Gasteiger partial charge in [0.1, 0.15) is 0 Å². The van der Waals surface area contributed by atoms with E-state index < -0.39 is 0 Å². The number of ketones is 1. The fourth-order valence-electron chi connectivity index (χ4n) is 1.75. The highest BCUT2D eigenvalue weighted by molar-refractivity contribution is 5.99. The van der Waals surface area contributed by atoms with Crippen molar-refractivity contribution in [3.8, 4) is 0 Å². The van der Waals surface area contributed by atoms with Crippen molar-refractivity contribution in [1.82, 2.24) is 4.90 Å². The summed E-state index contributed by atoms with van der Waals surface area (Å²) in [6, 6.07) is 5.02. The minimum Gasteiger partial charge on any atom is -0.399 e. The molecular formula is C13H20N2O2. The molecule has 0 bridgehead atoms. The Labute approximate surface area is 102 Å². The van der Waals surface area contributed by atoms with Gasteiger partial charge in [0, 0.05) is 11.3 Å². The number of hydrogen-bond acceptors (Lipinski definition) is 4. The van der Waals surface area contributed by atoms with Crippen LogP contribution in [0.5, 0.6) is 0 Å². The number of benzene rings is 1. The SMILES string of the molecule is CCN(CC)CC(=O)c1ccc(N)cc1CO. The number of nitrogens with two attached hydrogens (primary N) is 1. The van der Waals surface area contributed by atoms with Gasteiger partial charge in [-0.15, -0.1) is 0 Å². The van der Waals surface area contributed by atoms with Gasteiger partial charge in [-0.25, -0.2) is 0 Å². The molecular weight excluding hydrogens is 216 g/mol. The molecule has 0 aliphatic heterocycles. The molecule has 0 amide bonds. The van der Waals surface area contributed by atoms with Gasteiger partial charge < -0.3 is 10.8 Å². The van der Waals surface area contributed by atoms with Gasteiger partial charge in [-0.3, -0.25) is 9.69 Å². The Morgan fingerprint density at radius 2 is 2.00 bits per heavy atom. The van der Waals surface area contributed by atoms with Crippen LogP contribution < -0.4 is 5.73 Å². The molecule has 0 fully saturated rings. The van der Waals surface area contributed by atoms with E-state index in [4.69, 9.17) is 5.73 Å². The molecule has 0 saturated carbocycles. The number of rotatable bonds is 6. The van der Waals surface area contributed by atoms with Gasteiger partial charge in [-0.1, -0.05) is 13.8 Å². The zero-order chi connectivity index (χ0) is 12.8. The topological polar surface area (TPSA) is 66.6 Å². The Balaban J connectivity index is 2.88. The number of aliphatic hydroxyl groups excluding tert-OH is 1. The Kier molecular flexibility index (Phi) is 5.12. The van der Waals surface area contributed by atoms with Gasteiger partial charge in [0.2, 0.25) is 0 Å². The number of carbonyl (C=O) groups is 1. The van der Waals surface area contributed by atoms with Crippen LogP contribution in [-0.2, 0) is 6.61 Å². The molecule has 1 rings (SSSR count). The van der Waals surface area contributed by atoms with Crippen molar-refractivity contribution in [3.05, 3.63) is 29.3 Å². The van der Waals surface area contributed by atoms with Crippen molar-refractivity contribution in [2.45, 2.75) is 20.5 Å². The van der Waals surface area contributed by atoms with Crippen molar-refractivity contribution in [2.24, 2.45) is 0 Å². The standard InChI is InChI=1S/C13H20N2O2/c1-3-15(4-2)8-13(17)12-6-5-11(14)7-10(12)9-16/h5-7,16H,3-4,8-9,14H2,1-2H3. The first-order valence-electron chi connectivity index (χ1n) is 5.87. The Hall–Kier alpha value is -1.39. The molecule has 0 saturated heterocycles. The molecule has 0 radical (unpaired) electrons. The number of likely N-dealkylation sites (N-methyl/N-ethyl adjacent to an activating group) is 1. The van der Waals surface area contributed by atoms with Crippen LogP contribution in [0.4, 0.5) is 5.69 Å². The van der Waals surface area contributed by atoms with E-state index in [9.17, 15) is 9.90 Å². The smallest absolute Gasteiger partial charge is 0.177 e. The van der Waals surface area contributed by atoms with Crippen LogP contribution in [0.1, 0.15) is 29.8 Å². The van der Waals surface area contributed by atoms with E-state index >= 15 is 0 Å². The van der Waals surface area contributed by atoms with Gasteiger partial charge in [0.15, 0.2) is 5.78 Å². The molecule has 0 aliphatic carbocycles. The number of carbonyl (C=O) groups excluding carboxylic acids is 1. The summed E-state index contributed by atoms with van der Waals surface area (Å²) in [6.45, 7) is 5.94. The minimum atomic E-state index is -0.162. The van der Waals surface area contributed by atoms with Gasteiger partial charge in [-0.05, 0) is 36.9 Å². The maximum absolute atomic E-state index is 12.1. The van der Waals surface area contributed by atoms with E-state index in [0.717, 1.165) is 13.1 Å². The highest BCUT2D eigenvalue weighted by Gasteiger charge is 2.13. The zero-order valence-electron chi connectivity index (χ0n) is 10.4. The minimum absolute atomic E-state index is 0.0257. The summed E-state index contributed by atoms with van der Waals surface area (Å²) >= 11 is 0. The average Bonchev–Trinajstić information content (AvgIpc) is 2.35. The van der Waals surface area contributed by atoms with Crippen LogP contribution in [-0.4, -0.2) is 35.4 Å². The fraction of sp³-hybridized carbons (Fsp3) is 0.462. The summed E-state index contributed by atoms with van der Waals surface area (Å²) in [6.07, 6.45) is 0. The van der Waals surface area contributed by atoms with Crippen LogP contribution in [0.25, 0.3) is 0 Å². The van der Waals surface area contributed by atoms with E-state index in [2.05, 4.69) is 0 Å². The monoisotopic (exact) mass is 236 g/mol. The highest BCUT2D eigenvalue weighted by atomic mass is 16.3. The van der Waals surface area contributed by atoms with Crippen molar-refractivity contribution >= 4 is 11.5 Å². The molecule has 0 unspecified atom stereocenters. The van der Waals surface area contributed by atoms with Crippen LogP contribution >= 0.6 is 0 Å². The highest BCUT2D eigenvalue weighted by Crippen LogP contribution is 2.15. The third-order valence-corrected chi connectivity index (χ3v) is 2.86. The Bertz CT molecular complexity index is 387. The van der Waals surface area contributed by atoms with Crippen molar-refractivity contribution in [2.75, 3.05) is 25.4 Å². The molecule has 1 aromatic carbocycles. The largest absolute Gasteiger partial charge is 0.399 e. The second-order valence-corrected chi connectivity index (χ2v) is 3.96. The van der Waals surface area contributed by atoms with E-state index in [-0.39, 0.29) is 12.4 Å². The van der Waals surface area contributed by atoms with Crippen LogP contribution in [0.2, 0.25) is 0 Å². The van der Waals surface area contributed by atoms with Gasteiger partial charge in [-0.2, -0.15) is 0 Å². The number of hydrogen-bond donors (Lipinski definition) is 2. The molecule has 0 aromatic heterocycles. The molecule has 4 heteroatoms. The maximum Gasteiger partial charge on any atom is 0.177 e. The molecule has 17 heavy (non-hydrogen) atoms. The fourth-order valence-corrected chi connectivity index (χ4v) is 1.75. The lowest BCUT2D eigenvalue weighted by Crippen LogP contribution is -2.30. The van der Waals surface area contributed by atoms with Gasteiger partial charge in [0.05, 0.1) is 13.2 Å². The lowest BCUT2D eigenvalue weighted by atomic mass is 10.0. The molecule has 1 aromatic rings. The normalized spacial score (nSPS) is 10.8. The molecule has 0 heterocycles. The summed E-state index contributed by atoms with van der Waals surface area (Å²) in [5.74, 6) is 0.0257. The van der Waals surface area contributed by atoms with Crippen LogP contribution in [0, 0.1) is 0 Å². The first-order chi connectivity index (χ1) is 8.12. The second-order valence-electron chi connectivity index (χ2n) is 3.96. The van der Waals surface area contributed by atoms with E-state index in [1.165, 1.54) is 0 Å². The van der Waals surface area contributed by atoms with E-state index in [1.54, 1.807) is 18.2 Å². The summed E-state index contributed by atoms with van der Waals surface area (Å²) in [7, 11) is 0. The first kappa shape index (κ1) is 13.7. The number of nitrogens with zero attached hydrogens (tertiary/aromatic N) is 1. The molecule has 3 N–H and O–H groups in total. The summed E-state index contributed by atoms with van der Waals surface area (Å²) in [5, 5.41) is 9.22. The lowest BCUT2D eigenvalue weighted by molar-refractivity contribution is 0.0934. The van der Waals surface area contributed by atoms with Crippen LogP contribution in [0.3, 0.4) is 0 Å². The van der Waals surface area contributed by atoms with Gasteiger partial charge in [0.25, 0.3) is 0 Å². The average molecular weight is 236 g/mol. The second kappa shape index (κ2) is 6.37. The van der Waals surface area contributed by atoms with E-state index in [0.29, 0.717) is 23.4 Å². The number of nitrogen functional groups attached to an aromatic ring is 1. The number of anilines is 1. The zero-order valence-corrected chi connectivity index (χ0v) is 10.4. The van der Waals surface area contributed by atoms with Crippen molar-refractivity contribution in [1.29, 1.82) is 0 Å². The first-order valence-corrected chi connectivity index (χ1v) is 5.87.